The Morgan fingerprint density at radius 2 is 2.32 bits per heavy atom. The molecule has 0 bridgehead atoms. The van der Waals surface area contributed by atoms with E-state index >= 15 is 0 Å². The molecule has 1 amide bonds. The molecule has 0 aliphatic rings. The number of nitro groups is 1. The second-order valence-corrected chi connectivity index (χ2v) is 4.92. The van der Waals surface area contributed by atoms with Crippen molar-refractivity contribution in [2.24, 2.45) is 0 Å². The highest BCUT2D eigenvalue weighted by molar-refractivity contribution is 7.09. The van der Waals surface area contributed by atoms with Crippen molar-refractivity contribution < 1.29 is 9.72 Å². The van der Waals surface area contributed by atoms with Gasteiger partial charge in [0.25, 0.3) is 11.6 Å². The summed E-state index contributed by atoms with van der Waals surface area (Å²) in [5.41, 5.74) is 0.0466. The Labute approximate surface area is 117 Å². The fraction of sp³-hybridized carbons (Fsp3) is 0.0909. The molecule has 0 aliphatic carbocycles. The third-order valence-electron chi connectivity index (χ3n) is 2.29. The third kappa shape index (κ3) is 3.27. The average Bonchev–Trinajstić information content (AvgIpc) is 2.88. The molecule has 1 aromatic heterocycles. The molecular formula is C11H8ClN3O3S. The molecule has 0 saturated carbocycles. The number of amides is 1. The molecule has 0 saturated heterocycles. The van der Waals surface area contributed by atoms with E-state index in [9.17, 15) is 14.9 Å². The minimum atomic E-state index is -0.566. The highest BCUT2D eigenvalue weighted by Gasteiger charge is 2.14. The van der Waals surface area contributed by atoms with Crippen molar-refractivity contribution in [3.63, 3.8) is 0 Å². The second kappa shape index (κ2) is 5.77. The molecule has 0 atom stereocenters. The fourth-order valence-electron chi connectivity index (χ4n) is 1.39. The summed E-state index contributed by atoms with van der Waals surface area (Å²) in [6, 6.07) is 3.72. The van der Waals surface area contributed by atoms with Crippen LogP contribution >= 0.6 is 22.9 Å². The van der Waals surface area contributed by atoms with E-state index in [1.165, 1.54) is 23.5 Å². The zero-order chi connectivity index (χ0) is 13.8. The Bertz CT molecular complexity index is 616. The van der Waals surface area contributed by atoms with E-state index in [4.69, 9.17) is 11.6 Å². The number of carbonyl (C=O) groups excluding carboxylic acids is 1. The van der Waals surface area contributed by atoms with Crippen LogP contribution in [0.2, 0.25) is 5.02 Å². The minimum Gasteiger partial charge on any atom is -0.345 e. The van der Waals surface area contributed by atoms with Gasteiger partial charge in [-0.15, -0.1) is 11.3 Å². The van der Waals surface area contributed by atoms with Crippen LogP contribution in [0, 0.1) is 10.1 Å². The van der Waals surface area contributed by atoms with Gasteiger partial charge in [-0.3, -0.25) is 14.9 Å². The van der Waals surface area contributed by atoms with Crippen LogP contribution in [0.3, 0.4) is 0 Å². The first-order chi connectivity index (χ1) is 9.08. The SMILES string of the molecule is O=C(NCc1nccs1)c1ccc([N+](=O)[O-])cc1Cl. The number of halogens is 1. The first-order valence-electron chi connectivity index (χ1n) is 5.18. The van der Waals surface area contributed by atoms with Crippen LogP contribution in [0.25, 0.3) is 0 Å². The number of hydrogen-bond donors (Lipinski definition) is 1. The number of non-ortho nitro benzene ring substituents is 1. The van der Waals surface area contributed by atoms with Crippen molar-refractivity contribution in [1.82, 2.24) is 10.3 Å². The monoisotopic (exact) mass is 297 g/mol. The lowest BCUT2D eigenvalue weighted by Gasteiger charge is -2.05. The van der Waals surface area contributed by atoms with Gasteiger partial charge >= 0.3 is 0 Å². The van der Waals surface area contributed by atoms with Gasteiger partial charge in [0.05, 0.1) is 22.1 Å². The molecule has 8 heteroatoms. The molecule has 0 radical (unpaired) electrons. The molecule has 2 rings (SSSR count). The first kappa shape index (κ1) is 13.4. The lowest BCUT2D eigenvalue weighted by atomic mass is 10.2. The number of carbonyl (C=O) groups is 1. The van der Waals surface area contributed by atoms with Gasteiger partial charge in [0.15, 0.2) is 0 Å². The summed E-state index contributed by atoms with van der Waals surface area (Å²) in [5.74, 6) is -0.393. The van der Waals surface area contributed by atoms with E-state index < -0.39 is 10.8 Å². The minimum absolute atomic E-state index is 0.0471. The molecule has 0 unspecified atom stereocenters. The van der Waals surface area contributed by atoms with Gasteiger partial charge in [-0.25, -0.2) is 4.98 Å². The Morgan fingerprint density at radius 1 is 1.53 bits per heavy atom. The number of rotatable bonds is 4. The van der Waals surface area contributed by atoms with E-state index in [1.54, 1.807) is 11.6 Å². The predicted molar refractivity (Wildman–Crippen MR) is 71.4 cm³/mol. The zero-order valence-electron chi connectivity index (χ0n) is 9.50. The van der Waals surface area contributed by atoms with Gasteiger partial charge in [0.2, 0.25) is 0 Å². The number of nitro benzene ring substituents is 1. The summed E-state index contributed by atoms with van der Waals surface area (Å²) < 4.78 is 0. The third-order valence-corrected chi connectivity index (χ3v) is 3.38. The predicted octanol–water partition coefficient (Wildman–Crippen LogP) is 2.63. The van der Waals surface area contributed by atoms with Crippen LogP contribution < -0.4 is 5.32 Å². The summed E-state index contributed by atoms with van der Waals surface area (Å²) >= 11 is 7.27. The maximum absolute atomic E-state index is 11.9. The largest absolute Gasteiger partial charge is 0.345 e. The number of hydrogen-bond acceptors (Lipinski definition) is 5. The van der Waals surface area contributed by atoms with E-state index in [0.29, 0.717) is 6.54 Å². The van der Waals surface area contributed by atoms with Crippen LogP contribution in [0.15, 0.2) is 29.8 Å². The summed E-state index contributed by atoms with van der Waals surface area (Å²) in [5, 5.41) is 15.8. The zero-order valence-corrected chi connectivity index (χ0v) is 11.1. The maximum Gasteiger partial charge on any atom is 0.270 e. The lowest BCUT2D eigenvalue weighted by Crippen LogP contribution is -2.23. The molecule has 1 N–H and O–H groups in total. The molecule has 6 nitrogen and oxygen atoms in total. The molecule has 0 aliphatic heterocycles. The Hall–Kier alpha value is -1.99. The van der Waals surface area contributed by atoms with Gasteiger partial charge < -0.3 is 5.32 Å². The molecule has 1 aromatic carbocycles. The summed E-state index contributed by atoms with van der Waals surface area (Å²) in [4.78, 5) is 25.9. The molecule has 1 heterocycles. The Balaban J connectivity index is 2.09. The number of nitrogens with one attached hydrogen (secondary N) is 1. The second-order valence-electron chi connectivity index (χ2n) is 3.53. The lowest BCUT2D eigenvalue weighted by molar-refractivity contribution is -0.384. The quantitative estimate of drug-likeness (QED) is 0.694. The topological polar surface area (TPSA) is 85.1 Å². The number of benzene rings is 1. The van der Waals surface area contributed by atoms with Gasteiger partial charge in [-0.1, -0.05) is 11.6 Å². The van der Waals surface area contributed by atoms with Crippen molar-refractivity contribution >= 4 is 34.5 Å². The molecule has 2 aromatic rings. The van der Waals surface area contributed by atoms with Gasteiger partial charge in [-0.2, -0.15) is 0 Å². The molecule has 0 fully saturated rings. The van der Waals surface area contributed by atoms with Crippen LogP contribution in [0.5, 0.6) is 0 Å². The van der Waals surface area contributed by atoms with E-state index in [-0.39, 0.29) is 16.3 Å². The molecule has 0 spiro atoms. The van der Waals surface area contributed by atoms with Crippen LogP contribution in [-0.2, 0) is 6.54 Å². The summed E-state index contributed by atoms with van der Waals surface area (Å²) in [6.07, 6.45) is 1.64. The van der Waals surface area contributed by atoms with Gasteiger partial charge in [0.1, 0.15) is 5.01 Å². The van der Waals surface area contributed by atoms with Crippen molar-refractivity contribution in [3.05, 3.63) is 55.5 Å². The van der Waals surface area contributed by atoms with Crippen molar-refractivity contribution in [1.29, 1.82) is 0 Å². The molecule has 19 heavy (non-hydrogen) atoms. The smallest absolute Gasteiger partial charge is 0.270 e. The average molecular weight is 298 g/mol. The fourth-order valence-corrected chi connectivity index (χ4v) is 2.21. The van der Waals surface area contributed by atoms with Crippen molar-refractivity contribution in [2.75, 3.05) is 0 Å². The van der Waals surface area contributed by atoms with Crippen LogP contribution in [0.4, 0.5) is 5.69 Å². The van der Waals surface area contributed by atoms with E-state index in [0.717, 1.165) is 11.1 Å². The standard InChI is InChI=1S/C11H8ClN3O3S/c12-9-5-7(15(17)18)1-2-8(9)11(16)14-6-10-13-3-4-19-10/h1-5H,6H2,(H,14,16). The van der Waals surface area contributed by atoms with Crippen molar-refractivity contribution in [2.45, 2.75) is 6.54 Å². The maximum atomic E-state index is 11.9. The van der Waals surface area contributed by atoms with Crippen LogP contribution in [-0.4, -0.2) is 15.8 Å². The van der Waals surface area contributed by atoms with Gasteiger partial charge in [-0.05, 0) is 6.07 Å². The molecular weight excluding hydrogens is 290 g/mol. The highest BCUT2D eigenvalue weighted by Crippen LogP contribution is 2.22. The van der Waals surface area contributed by atoms with E-state index in [2.05, 4.69) is 10.3 Å². The van der Waals surface area contributed by atoms with E-state index in [1.807, 2.05) is 0 Å². The number of aromatic nitrogens is 1. The Kier molecular flexibility index (Phi) is 4.08. The Morgan fingerprint density at radius 3 is 2.89 bits per heavy atom. The highest BCUT2D eigenvalue weighted by atomic mass is 35.5. The molecule has 98 valence electrons. The first-order valence-corrected chi connectivity index (χ1v) is 6.44. The van der Waals surface area contributed by atoms with Gasteiger partial charge in [0, 0.05) is 23.7 Å². The number of nitrogens with zero attached hydrogens (tertiary/aromatic N) is 2. The van der Waals surface area contributed by atoms with Crippen molar-refractivity contribution in [3.8, 4) is 0 Å². The number of thiazole rings is 1. The van der Waals surface area contributed by atoms with Crippen LogP contribution in [0.1, 0.15) is 15.4 Å². The summed E-state index contributed by atoms with van der Waals surface area (Å²) in [6.45, 7) is 0.295. The normalized spacial score (nSPS) is 10.2. The summed E-state index contributed by atoms with van der Waals surface area (Å²) in [7, 11) is 0.